The molecule has 18 heavy (non-hydrogen) atoms. The first-order valence-corrected chi connectivity index (χ1v) is 6.87. The fourth-order valence-electron chi connectivity index (χ4n) is 1.94. The largest absolute Gasteiger partial charge is 0.382 e. The number of nitrogens with one attached hydrogen (secondary N) is 2. The first-order chi connectivity index (χ1) is 8.75. The quantitative estimate of drug-likeness (QED) is 0.805. The molecule has 0 aliphatic carbocycles. The van der Waals surface area contributed by atoms with Crippen molar-refractivity contribution in [2.75, 3.05) is 44.6 Å². The standard InChI is InChI=1S/C11H17Cl2N5/c12-10-8-9(11(13)17-16-10)15-2-1-5-18-6-3-14-4-7-18/h8,14H,1-7H2,(H,15,16). The highest BCUT2D eigenvalue weighted by Gasteiger charge is 2.08. The molecule has 2 rings (SSSR count). The summed E-state index contributed by atoms with van der Waals surface area (Å²) in [6, 6.07) is 1.70. The summed E-state index contributed by atoms with van der Waals surface area (Å²) in [7, 11) is 0. The fraction of sp³-hybridized carbons (Fsp3) is 0.636. The third kappa shape index (κ3) is 4.24. The zero-order chi connectivity index (χ0) is 12.8. The third-order valence-corrected chi connectivity index (χ3v) is 3.36. The van der Waals surface area contributed by atoms with Crippen molar-refractivity contribution < 1.29 is 0 Å². The van der Waals surface area contributed by atoms with Gasteiger partial charge in [0.15, 0.2) is 10.3 Å². The first kappa shape index (κ1) is 13.8. The van der Waals surface area contributed by atoms with E-state index < -0.39 is 0 Å². The molecule has 1 aromatic heterocycles. The van der Waals surface area contributed by atoms with Crippen molar-refractivity contribution in [1.82, 2.24) is 20.4 Å². The molecule has 1 fully saturated rings. The summed E-state index contributed by atoms with van der Waals surface area (Å²) in [6.07, 6.45) is 1.07. The molecule has 0 amide bonds. The van der Waals surface area contributed by atoms with E-state index in [0.29, 0.717) is 10.3 Å². The van der Waals surface area contributed by atoms with Crippen LogP contribution >= 0.6 is 23.2 Å². The SMILES string of the molecule is Clc1cc(NCCCN2CCNCC2)c(Cl)nn1. The lowest BCUT2D eigenvalue weighted by Crippen LogP contribution is -2.44. The van der Waals surface area contributed by atoms with Gasteiger partial charge in [-0.25, -0.2) is 0 Å². The van der Waals surface area contributed by atoms with Crippen LogP contribution in [-0.2, 0) is 0 Å². The van der Waals surface area contributed by atoms with Gasteiger partial charge in [0.25, 0.3) is 0 Å². The Morgan fingerprint density at radius 3 is 2.83 bits per heavy atom. The molecular formula is C11H17Cl2N5. The summed E-state index contributed by atoms with van der Waals surface area (Å²) < 4.78 is 0. The number of aromatic nitrogens is 2. The van der Waals surface area contributed by atoms with Crippen LogP contribution < -0.4 is 10.6 Å². The Balaban J connectivity index is 1.69. The smallest absolute Gasteiger partial charge is 0.174 e. The predicted molar refractivity (Wildman–Crippen MR) is 74.5 cm³/mol. The van der Waals surface area contributed by atoms with Gasteiger partial charge in [-0.15, -0.1) is 10.2 Å². The van der Waals surface area contributed by atoms with Gasteiger partial charge >= 0.3 is 0 Å². The van der Waals surface area contributed by atoms with E-state index in [4.69, 9.17) is 23.2 Å². The minimum absolute atomic E-state index is 0.351. The molecule has 100 valence electrons. The molecule has 0 atom stereocenters. The number of hydrogen-bond acceptors (Lipinski definition) is 5. The van der Waals surface area contributed by atoms with Crippen LogP contribution in [0.15, 0.2) is 6.07 Å². The monoisotopic (exact) mass is 289 g/mol. The van der Waals surface area contributed by atoms with Crippen LogP contribution in [0, 0.1) is 0 Å². The van der Waals surface area contributed by atoms with Crippen LogP contribution in [0.2, 0.25) is 10.3 Å². The Morgan fingerprint density at radius 2 is 2.06 bits per heavy atom. The van der Waals surface area contributed by atoms with E-state index in [9.17, 15) is 0 Å². The number of nitrogens with zero attached hydrogens (tertiary/aromatic N) is 3. The van der Waals surface area contributed by atoms with Crippen LogP contribution in [0.5, 0.6) is 0 Å². The van der Waals surface area contributed by atoms with E-state index in [1.165, 1.54) is 0 Å². The van der Waals surface area contributed by atoms with Crippen molar-refractivity contribution in [2.24, 2.45) is 0 Å². The second-order valence-electron chi connectivity index (χ2n) is 4.24. The predicted octanol–water partition coefficient (Wildman–Crippen LogP) is 1.49. The molecule has 0 radical (unpaired) electrons. The number of rotatable bonds is 5. The molecule has 2 N–H and O–H groups in total. The minimum atomic E-state index is 0.351. The maximum Gasteiger partial charge on any atom is 0.174 e. The maximum atomic E-state index is 5.91. The molecule has 0 aromatic carbocycles. The lowest BCUT2D eigenvalue weighted by atomic mass is 10.3. The summed E-state index contributed by atoms with van der Waals surface area (Å²) in [5, 5.41) is 14.7. The number of anilines is 1. The average molecular weight is 290 g/mol. The molecule has 1 aromatic rings. The first-order valence-electron chi connectivity index (χ1n) is 6.11. The van der Waals surface area contributed by atoms with Crippen LogP contribution in [-0.4, -0.2) is 54.4 Å². The van der Waals surface area contributed by atoms with Crippen LogP contribution in [0.4, 0.5) is 5.69 Å². The summed E-state index contributed by atoms with van der Waals surface area (Å²) >= 11 is 11.7. The van der Waals surface area contributed by atoms with Gasteiger partial charge in [-0.3, -0.25) is 0 Å². The Bertz CT molecular complexity index is 382. The Morgan fingerprint density at radius 1 is 1.28 bits per heavy atom. The van der Waals surface area contributed by atoms with E-state index in [2.05, 4.69) is 25.7 Å². The van der Waals surface area contributed by atoms with Crippen LogP contribution in [0.1, 0.15) is 6.42 Å². The highest BCUT2D eigenvalue weighted by molar-refractivity contribution is 6.33. The van der Waals surface area contributed by atoms with Gasteiger partial charge in [0.2, 0.25) is 0 Å². The minimum Gasteiger partial charge on any atom is -0.382 e. The second kappa shape index (κ2) is 7.09. The number of piperazine rings is 1. The van der Waals surface area contributed by atoms with Crippen molar-refractivity contribution >= 4 is 28.9 Å². The molecule has 0 unspecified atom stereocenters. The molecule has 0 spiro atoms. The van der Waals surface area contributed by atoms with Gasteiger partial charge in [0.05, 0.1) is 5.69 Å². The van der Waals surface area contributed by atoms with Crippen LogP contribution in [0.25, 0.3) is 0 Å². The molecule has 2 heterocycles. The van der Waals surface area contributed by atoms with E-state index in [0.717, 1.165) is 51.4 Å². The van der Waals surface area contributed by atoms with Gasteiger partial charge < -0.3 is 15.5 Å². The summed E-state index contributed by atoms with van der Waals surface area (Å²) in [5.41, 5.74) is 0.747. The van der Waals surface area contributed by atoms with E-state index in [1.54, 1.807) is 6.07 Å². The van der Waals surface area contributed by atoms with Gasteiger partial charge in [0.1, 0.15) is 0 Å². The van der Waals surface area contributed by atoms with Crippen LogP contribution in [0.3, 0.4) is 0 Å². The molecule has 7 heteroatoms. The highest BCUT2D eigenvalue weighted by Crippen LogP contribution is 2.20. The third-order valence-electron chi connectivity index (χ3n) is 2.90. The van der Waals surface area contributed by atoms with Gasteiger partial charge in [-0.05, 0) is 13.0 Å². The molecule has 1 aliphatic heterocycles. The summed E-state index contributed by atoms with van der Waals surface area (Å²) in [5.74, 6) is 0. The molecule has 1 aliphatic rings. The lowest BCUT2D eigenvalue weighted by molar-refractivity contribution is 0.240. The van der Waals surface area contributed by atoms with Crippen molar-refractivity contribution in [3.05, 3.63) is 16.4 Å². The van der Waals surface area contributed by atoms with Gasteiger partial charge in [-0.2, -0.15) is 0 Å². The van der Waals surface area contributed by atoms with Crippen molar-refractivity contribution in [3.63, 3.8) is 0 Å². The van der Waals surface area contributed by atoms with Gasteiger partial charge in [0, 0.05) is 38.8 Å². The normalized spacial score (nSPS) is 16.8. The average Bonchev–Trinajstić information content (AvgIpc) is 2.40. The van der Waals surface area contributed by atoms with Crippen molar-refractivity contribution in [2.45, 2.75) is 6.42 Å². The van der Waals surface area contributed by atoms with E-state index >= 15 is 0 Å². The Hall–Kier alpha value is -0.620. The summed E-state index contributed by atoms with van der Waals surface area (Å²) in [6.45, 7) is 6.38. The van der Waals surface area contributed by atoms with Crippen molar-refractivity contribution in [3.8, 4) is 0 Å². The van der Waals surface area contributed by atoms with E-state index in [1.807, 2.05) is 0 Å². The fourth-order valence-corrected chi connectivity index (χ4v) is 2.24. The second-order valence-corrected chi connectivity index (χ2v) is 4.99. The molecular weight excluding hydrogens is 273 g/mol. The Kier molecular flexibility index (Phi) is 5.44. The number of hydrogen-bond donors (Lipinski definition) is 2. The lowest BCUT2D eigenvalue weighted by Gasteiger charge is -2.27. The zero-order valence-electron chi connectivity index (χ0n) is 10.1. The number of halogens is 2. The van der Waals surface area contributed by atoms with E-state index in [-0.39, 0.29) is 0 Å². The maximum absolute atomic E-state index is 5.91. The molecule has 0 saturated carbocycles. The highest BCUT2D eigenvalue weighted by atomic mass is 35.5. The summed E-state index contributed by atoms with van der Waals surface area (Å²) in [4.78, 5) is 2.46. The van der Waals surface area contributed by atoms with Gasteiger partial charge in [-0.1, -0.05) is 23.2 Å². The van der Waals surface area contributed by atoms with Crippen molar-refractivity contribution in [1.29, 1.82) is 0 Å². The Labute approximate surface area is 117 Å². The molecule has 1 saturated heterocycles. The topological polar surface area (TPSA) is 53.1 Å². The molecule has 0 bridgehead atoms. The molecule has 5 nitrogen and oxygen atoms in total. The zero-order valence-corrected chi connectivity index (χ0v) is 11.6.